The normalized spacial score (nSPS) is 10.9. The van der Waals surface area contributed by atoms with Gasteiger partial charge in [0.25, 0.3) is 0 Å². The summed E-state index contributed by atoms with van der Waals surface area (Å²) in [5.74, 6) is 0.850. The maximum atomic E-state index is 5.39. The van der Waals surface area contributed by atoms with Gasteiger partial charge in [0.05, 0.1) is 11.4 Å². The molecule has 0 aliphatic carbocycles. The Bertz CT molecular complexity index is 599. The largest absolute Gasteiger partial charge is 0.382 e. The van der Waals surface area contributed by atoms with Crippen LogP contribution in [-0.4, -0.2) is 22.8 Å². The summed E-state index contributed by atoms with van der Waals surface area (Å²) in [6.45, 7) is 6.43. The molecule has 21 heavy (non-hydrogen) atoms. The second-order valence-electron chi connectivity index (χ2n) is 4.70. The molecule has 2 rings (SSSR count). The lowest BCUT2D eigenvalue weighted by Gasteiger charge is -2.11. The molecule has 0 bridgehead atoms. The number of aryl methyl sites for hydroxylation is 2. The Balaban J connectivity index is 2.10. The average Bonchev–Trinajstić information content (AvgIpc) is 2.79. The molecule has 0 amide bonds. The average molecular weight is 417 g/mol. The molecule has 0 fully saturated rings. The monoisotopic (exact) mass is 415 g/mol. The van der Waals surface area contributed by atoms with Gasteiger partial charge in [-0.25, -0.2) is 4.98 Å². The summed E-state index contributed by atoms with van der Waals surface area (Å²) in [5, 5.41) is 3.38. The number of hydrogen-bond acceptors (Lipinski definition) is 3. The van der Waals surface area contributed by atoms with Crippen LogP contribution in [-0.2, 0) is 11.3 Å². The van der Waals surface area contributed by atoms with Crippen LogP contribution in [0.15, 0.2) is 33.3 Å². The Labute approximate surface area is 142 Å². The molecule has 0 saturated carbocycles. The van der Waals surface area contributed by atoms with E-state index in [1.54, 1.807) is 0 Å². The number of nitrogens with zero attached hydrogens (tertiary/aromatic N) is 2. The minimum absolute atomic E-state index is 0.763. The first-order chi connectivity index (χ1) is 10.1. The van der Waals surface area contributed by atoms with Crippen LogP contribution in [0.2, 0.25) is 0 Å². The molecule has 1 heterocycles. The molecule has 0 unspecified atom stereocenters. The molecule has 0 aliphatic rings. The third-order valence-corrected chi connectivity index (χ3v) is 4.15. The van der Waals surface area contributed by atoms with Crippen molar-refractivity contribution in [1.82, 2.24) is 9.55 Å². The molecule has 1 N–H and O–H groups in total. The molecule has 1 aromatic carbocycles. The SMILES string of the molecule is CCOCCCn1cc(C)nc1Nc1cc(Br)ccc1Br. The van der Waals surface area contributed by atoms with Gasteiger partial charge in [0, 0.05) is 34.9 Å². The van der Waals surface area contributed by atoms with E-state index < -0.39 is 0 Å². The summed E-state index contributed by atoms with van der Waals surface area (Å²) in [7, 11) is 0. The maximum Gasteiger partial charge on any atom is 0.207 e. The van der Waals surface area contributed by atoms with Crippen molar-refractivity contribution in [2.24, 2.45) is 0 Å². The highest BCUT2D eigenvalue weighted by atomic mass is 79.9. The van der Waals surface area contributed by atoms with Crippen molar-refractivity contribution in [3.05, 3.63) is 39.0 Å². The Kier molecular flexibility index (Phi) is 6.26. The van der Waals surface area contributed by atoms with Crippen LogP contribution in [0.3, 0.4) is 0 Å². The van der Waals surface area contributed by atoms with E-state index in [0.717, 1.165) is 52.5 Å². The third kappa shape index (κ3) is 4.83. The highest BCUT2D eigenvalue weighted by Gasteiger charge is 2.08. The standard InChI is InChI=1S/C15H19Br2N3O/c1-3-21-8-4-7-20-10-11(2)18-15(20)19-14-9-12(16)5-6-13(14)17/h5-6,9-10H,3-4,7-8H2,1-2H3,(H,18,19). The number of anilines is 2. The molecular weight excluding hydrogens is 398 g/mol. The zero-order chi connectivity index (χ0) is 15.2. The van der Waals surface area contributed by atoms with E-state index in [-0.39, 0.29) is 0 Å². The van der Waals surface area contributed by atoms with E-state index in [9.17, 15) is 0 Å². The zero-order valence-corrected chi connectivity index (χ0v) is 15.4. The lowest BCUT2D eigenvalue weighted by Crippen LogP contribution is -2.06. The Morgan fingerprint density at radius 3 is 2.90 bits per heavy atom. The number of aromatic nitrogens is 2. The maximum absolute atomic E-state index is 5.39. The Morgan fingerprint density at radius 2 is 2.14 bits per heavy atom. The molecular formula is C15H19Br2N3O. The van der Waals surface area contributed by atoms with Gasteiger partial charge in [-0.3, -0.25) is 0 Å². The number of halogens is 2. The van der Waals surface area contributed by atoms with Gasteiger partial charge in [0.15, 0.2) is 0 Å². The number of hydrogen-bond donors (Lipinski definition) is 1. The minimum atomic E-state index is 0.763. The van der Waals surface area contributed by atoms with Gasteiger partial charge >= 0.3 is 0 Å². The van der Waals surface area contributed by atoms with E-state index in [2.05, 4.69) is 52.9 Å². The lowest BCUT2D eigenvalue weighted by atomic mass is 10.3. The van der Waals surface area contributed by atoms with Crippen molar-refractivity contribution in [1.29, 1.82) is 0 Å². The highest BCUT2D eigenvalue weighted by molar-refractivity contribution is 9.11. The molecule has 1 aromatic heterocycles. The lowest BCUT2D eigenvalue weighted by molar-refractivity contribution is 0.142. The molecule has 0 spiro atoms. The molecule has 114 valence electrons. The topological polar surface area (TPSA) is 39.1 Å². The van der Waals surface area contributed by atoms with Crippen molar-refractivity contribution < 1.29 is 4.74 Å². The highest BCUT2D eigenvalue weighted by Crippen LogP contribution is 2.28. The summed E-state index contributed by atoms with van der Waals surface area (Å²) >= 11 is 7.04. The number of rotatable bonds is 7. The predicted octanol–water partition coefficient (Wildman–Crippen LogP) is 4.89. The van der Waals surface area contributed by atoms with Crippen LogP contribution in [0.4, 0.5) is 11.6 Å². The van der Waals surface area contributed by atoms with E-state index in [0.29, 0.717) is 0 Å². The van der Waals surface area contributed by atoms with Gasteiger partial charge < -0.3 is 14.6 Å². The van der Waals surface area contributed by atoms with Crippen LogP contribution in [0.25, 0.3) is 0 Å². The van der Waals surface area contributed by atoms with Crippen LogP contribution in [0.5, 0.6) is 0 Å². The Morgan fingerprint density at radius 1 is 1.33 bits per heavy atom. The molecule has 6 heteroatoms. The van der Waals surface area contributed by atoms with Crippen LogP contribution >= 0.6 is 31.9 Å². The van der Waals surface area contributed by atoms with Crippen LogP contribution in [0, 0.1) is 6.92 Å². The first-order valence-corrected chi connectivity index (χ1v) is 8.52. The van der Waals surface area contributed by atoms with Crippen molar-refractivity contribution in [3.63, 3.8) is 0 Å². The van der Waals surface area contributed by atoms with E-state index in [1.807, 2.05) is 32.0 Å². The van der Waals surface area contributed by atoms with Crippen molar-refractivity contribution >= 4 is 43.5 Å². The zero-order valence-electron chi connectivity index (χ0n) is 12.2. The van der Waals surface area contributed by atoms with Crippen molar-refractivity contribution in [2.75, 3.05) is 18.5 Å². The smallest absolute Gasteiger partial charge is 0.207 e. The molecule has 0 radical (unpaired) electrons. The van der Waals surface area contributed by atoms with Crippen molar-refractivity contribution in [2.45, 2.75) is 26.8 Å². The number of ether oxygens (including phenoxy) is 1. The van der Waals surface area contributed by atoms with E-state index >= 15 is 0 Å². The van der Waals surface area contributed by atoms with Gasteiger partial charge in [-0.1, -0.05) is 15.9 Å². The third-order valence-electron chi connectivity index (χ3n) is 2.96. The van der Waals surface area contributed by atoms with Gasteiger partial charge in [0.1, 0.15) is 0 Å². The molecule has 0 atom stereocenters. The predicted molar refractivity (Wildman–Crippen MR) is 93.2 cm³/mol. The van der Waals surface area contributed by atoms with Gasteiger partial charge in [0.2, 0.25) is 5.95 Å². The fourth-order valence-electron chi connectivity index (χ4n) is 2.01. The molecule has 2 aromatic rings. The number of imidazole rings is 1. The van der Waals surface area contributed by atoms with Crippen LogP contribution in [0.1, 0.15) is 19.0 Å². The van der Waals surface area contributed by atoms with Gasteiger partial charge in [-0.05, 0) is 54.4 Å². The van der Waals surface area contributed by atoms with Crippen LogP contribution < -0.4 is 5.32 Å². The number of benzene rings is 1. The fourth-order valence-corrected chi connectivity index (χ4v) is 2.72. The quantitative estimate of drug-likeness (QED) is 0.653. The summed E-state index contributed by atoms with van der Waals surface area (Å²) in [6, 6.07) is 6.02. The summed E-state index contributed by atoms with van der Waals surface area (Å²) < 4.78 is 9.55. The van der Waals surface area contributed by atoms with Gasteiger partial charge in [-0.15, -0.1) is 0 Å². The second kappa shape index (κ2) is 7.96. The summed E-state index contributed by atoms with van der Waals surface area (Å²) in [6.07, 6.45) is 3.03. The Hall–Kier alpha value is -0.850. The van der Waals surface area contributed by atoms with E-state index in [4.69, 9.17) is 4.74 Å². The number of nitrogens with one attached hydrogen (secondary N) is 1. The molecule has 4 nitrogen and oxygen atoms in total. The molecule has 0 aliphatic heterocycles. The van der Waals surface area contributed by atoms with Crippen molar-refractivity contribution in [3.8, 4) is 0 Å². The summed E-state index contributed by atoms with van der Waals surface area (Å²) in [5.41, 5.74) is 1.99. The summed E-state index contributed by atoms with van der Waals surface area (Å²) in [4.78, 5) is 4.55. The van der Waals surface area contributed by atoms with E-state index in [1.165, 1.54) is 0 Å². The fraction of sp³-hybridized carbons (Fsp3) is 0.400. The molecule has 0 saturated heterocycles. The first kappa shape index (κ1) is 16.5. The van der Waals surface area contributed by atoms with Gasteiger partial charge in [-0.2, -0.15) is 0 Å². The minimum Gasteiger partial charge on any atom is -0.382 e. The second-order valence-corrected chi connectivity index (χ2v) is 6.47. The first-order valence-electron chi connectivity index (χ1n) is 6.93.